The Labute approximate surface area is 174 Å². The van der Waals surface area contributed by atoms with Crippen LogP contribution in [0.5, 0.6) is 0 Å². The van der Waals surface area contributed by atoms with Crippen molar-refractivity contribution in [3.05, 3.63) is 59.7 Å². The van der Waals surface area contributed by atoms with E-state index in [9.17, 15) is 27.6 Å². The lowest BCUT2D eigenvalue weighted by molar-refractivity contribution is -0.137. The van der Waals surface area contributed by atoms with Crippen LogP contribution in [0.3, 0.4) is 0 Å². The molecule has 0 saturated heterocycles. The number of nitrogens with one attached hydrogen (secondary N) is 3. The molecular weight excluding hydrogens is 415 g/mol. The minimum atomic E-state index is -4.48. The molecule has 2 unspecified atom stereocenters. The lowest BCUT2D eigenvalue weighted by atomic mass is 9.92. The molecule has 1 aliphatic heterocycles. The maximum absolute atomic E-state index is 12.6. The lowest BCUT2D eigenvalue weighted by Crippen LogP contribution is -2.59. The zero-order valence-electron chi connectivity index (χ0n) is 16.2. The number of rotatable bonds is 5. The second-order valence-corrected chi connectivity index (χ2v) is 6.99. The maximum Gasteiger partial charge on any atom is 0.416 e. The van der Waals surface area contributed by atoms with E-state index in [-0.39, 0.29) is 5.56 Å². The summed E-state index contributed by atoms with van der Waals surface area (Å²) in [5, 5.41) is 7.83. The summed E-state index contributed by atoms with van der Waals surface area (Å²) in [7, 11) is 0. The molecule has 0 spiro atoms. The summed E-state index contributed by atoms with van der Waals surface area (Å²) in [6.45, 7) is 1.46. The van der Waals surface area contributed by atoms with Crippen LogP contribution in [-0.4, -0.2) is 35.6 Å². The summed E-state index contributed by atoms with van der Waals surface area (Å²) in [6.07, 6.45) is -3.24. The summed E-state index contributed by atoms with van der Waals surface area (Å²) >= 11 is 0. The Morgan fingerprint density at radius 1 is 1.00 bits per heavy atom. The van der Waals surface area contributed by atoms with Gasteiger partial charge in [-0.1, -0.05) is 0 Å². The molecule has 0 aromatic heterocycles. The van der Waals surface area contributed by atoms with Crippen LogP contribution in [0, 0.1) is 0 Å². The molecule has 0 aliphatic carbocycles. The first kappa shape index (κ1) is 21.8. The Morgan fingerprint density at radius 2 is 1.55 bits per heavy atom. The van der Waals surface area contributed by atoms with Gasteiger partial charge in [0.25, 0.3) is 11.8 Å². The van der Waals surface area contributed by atoms with Gasteiger partial charge in [-0.25, -0.2) is 0 Å². The molecule has 0 radical (unpaired) electrons. The van der Waals surface area contributed by atoms with Crippen LogP contribution in [-0.2, 0) is 15.8 Å². The highest BCUT2D eigenvalue weighted by atomic mass is 19.4. The predicted octanol–water partition coefficient (Wildman–Crippen LogP) is 2.14. The first-order chi connectivity index (χ1) is 14.5. The fraction of sp³-hybridized carbons (Fsp3) is 0.200. The van der Waals surface area contributed by atoms with E-state index < -0.39 is 41.0 Å². The van der Waals surface area contributed by atoms with Crippen LogP contribution in [0.2, 0.25) is 0 Å². The molecule has 2 aromatic rings. The first-order valence-electron chi connectivity index (χ1n) is 8.99. The summed E-state index contributed by atoms with van der Waals surface area (Å²) in [4.78, 5) is 40.2. The number of nitrogens with two attached hydrogens (primary N) is 1. The maximum atomic E-state index is 12.6. The highest BCUT2D eigenvalue weighted by Crippen LogP contribution is 2.29. The fourth-order valence-electron chi connectivity index (χ4n) is 2.87. The summed E-state index contributed by atoms with van der Waals surface area (Å²) < 4.78 is 37.8. The van der Waals surface area contributed by atoms with E-state index in [2.05, 4.69) is 20.9 Å². The van der Waals surface area contributed by atoms with E-state index in [1.54, 1.807) is 0 Å². The topological polar surface area (TPSA) is 126 Å². The van der Waals surface area contributed by atoms with E-state index >= 15 is 0 Å². The van der Waals surface area contributed by atoms with Crippen molar-refractivity contribution in [3.63, 3.8) is 0 Å². The number of benzene rings is 2. The number of nitrogens with zero attached hydrogens (tertiary/aromatic N) is 1. The van der Waals surface area contributed by atoms with Crippen molar-refractivity contribution < 1.29 is 27.6 Å². The Bertz CT molecular complexity index is 1040. The number of amides is 3. The van der Waals surface area contributed by atoms with E-state index in [0.29, 0.717) is 11.4 Å². The fourth-order valence-corrected chi connectivity index (χ4v) is 2.87. The van der Waals surface area contributed by atoms with Crippen LogP contribution in [0.4, 0.5) is 24.5 Å². The standard InChI is InChI=1S/C20H18F3N5O3/c1-19(18(24)31)15(25-10-26-19)17(30)28-14-8-6-13(7-9-14)27-16(29)11-2-4-12(5-3-11)20(21,22)23/h2-10,15H,1H3,(H2,24,31)(H,25,26)(H,27,29)(H,28,30). The molecule has 0 saturated carbocycles. The van der Waals surface area contributed by atoms with Gasteiger partial charge in [0, 0.05) is 16.9 Å². The Morgan fingerprint density at radius 3 is 2.06 bits per heavy atom. The second kappa shape index (κ2) is 8.09. The number of anilines is 2. The monoisotopic (exact) mass is 433 g/mol. The number of alkyl halides is 3. The van der Waals surface area contributed by atoms with Crippen molar-refractivity contribution in [1.29, 1.82) is 0 Å². The normalized spacial score (nSPS) is 20.1. The van der Waals surface area contributed by atoms with Gasteiger partial charge in [-0.15, -0.1) is 0 Å². The molecule has 0 fully saturated rings. The van der Waals surface area contributed by atoms with Crippen LogP contribution in [0.25, 0.3) is 0 Å². The third-order valence-corrected chi connectivity index (χ3v) is 4.78. The largest absolute Gasteiger partial charge is 0.416 e. The van der Waals surface area contributed by atoms with Crippen molar-refractivity contribution in [2.75, 3.05) is 10.6 Å². The molecule has 162 valence electrons. The molecule has 3 amide bonds. The number of halogens is 3. The van der Waals surface area contributed by atoms with Gasteiger partial charge >= 0.3 is 6.18 Å². The molecule has 2 aromatic carbocycles. The first-order valence-corrected chi connectivity index (χ1v) is 8.99. The number of aliphatic imine (C=N–C) groups is 1. The number of carbonyl (C=O) groups is 3. The van der Waals surface area contributed by atoms with Gasteiger partial charge in [-0.05, 0) is 55.5 Å². The highest BCUT2D eigenvalue weighted by Gasteiger charge is 2.46. The third kappa shape index (κ3) is 4.65. The molecule has 0 bridgehead atoms. The van der Waals surface area contributed by atoms with Crippen molar-refractivity contribution in [2.45, 2.75) is 24.7 Å². The van der Waals surface area contributed by atoms with E-state index in [1.807, 2.05) is 0 Å². The van der Waals surface area contributed by atoms with Gasteiger partial charge in [0.2, 0.25) is 5.91 Å². The predicted molar refractivity (Wildman–Crippen MR) is 107 cm³/mol. The molecule has 31 heavy (non-hydrogen) atoms. The van der Waals surface area contributed by atoms with Crippen LogP contribution in [0.1, 0.15) is 22.8 Å². The molecular formula is C20H18F3N5O3. The smallest absolute Gasteiger partial charge is 0.368 e. The number of hydrogen-bond acceptors (Lipinski definition) is 5. The van der Waals surface area contributed by atoms with Crippen LogP contribution >= 0.6 is 0 Å². The van der Waals surface area contributed by atoms with Gasteiger partial charge in [0.15, 0.2) is 6.04 Å². The van der Waals surface area contributed by atoms with Crippen molar-refractivity contribution in [3.8, 4) is 0 Å². The van der Waals surface area contributed by atoms with E-state index in [1.165, 1.54) is 37.5 Å². The Hall–Kier alpha value is -3.89. The Balaban J connectivity index is 1.62. The second-order valence-electron chi connectivity index (χ2n) is 6.99. The van der Waals surface area contributed by atoms with Gasteiger partial charge < -0.3 is 21.7 Å². The quantitative estimate of drug-likeness (QED) is 0.576. The molecule has 11 heteroatoms. The average molecular weight is 433 g/mol. The van der Waals surface area contributed by atoms with Gasteiger partial charge in [-0.3, -0.25) is 19.4 Å². The minimum Gasteiger partial charge on any atom is -0.368 e. The average Bonchev–Trinajstić information content (AvgIpc) is 3.12. The van der Waals surface area contributed by atoms with Crippen LogP contribution in [0.15, 0.2) is 53.5 Å². The van der Waals surface area contributed by atoms with Gasteiger partial charge in [0.1, 0.15) is 5.54 Å². The molecule has 8 nitrogen and oxygen atoms in total. The van der Waals surface area contributed by atoms with E-state index in [4.69, 9.17) is 5.73 Å². The van der Waals surface area contributed by atoms with Gasteiger partial charge in [-0.2, -0.15) is 13.2 Å². The van der Waals surface area contributed by atoms with Crippen LogP contribution < -0.4 is 21.7 Å². The summed E-state index contributed by atoms with van der Waals surface area (Å²) in [5.41, 5.74) is 3.95. The molecule has 2 atom stereocenters. The molecule has 5 N–H and O–H groups in total. The lowest BCUT2D eigenvalue weighted by Gasteiger charge is -2.26. The molecule has 1 aliphatic rings. The number of hydrogen-bond donors (Lipinski definition) is 4. The SMILES string of the molecule is CC1(C(N)=O)NC=NC1C(=O)Nc1ccc(NC(=O)c2ccc(C(F)(F)F)cc2)cc1. The van der Waals surface area contributed by atoms with Crippen molar-refractivity contribution >= 4 is 35.4 Å². The number of primary amides is 1. The highest BCUT2D eigenvalue weighted by molar-refractivity contribution is 6.05. The third-order valence-electron chi connectivity index (χ3n) is 4.78. The van der Waals surface area contributed by atoms with E-state index in [0.717, 1.165) is 24.3 Å². The number of carbonyl (C=O) groups excluding carboxylic acids is 3. The zero-order chi connectivity index (χ0) is 22.8. The molecule has 3 rings (SSSR count). The Kier molecular flexibility index (Phi) is 5.69. The summed E-state index contributed by atoms with van der Waals surface area (Å²) in [5.74, 6) is -1.87. The minimum absolute atomic E-state index is 0.0581. The summed E-state index contributed by atoms with van der Waals surface area (Å²) in [6, 6.07) is 8.78. The van der Waals surface area contributed by atoms with Crippen molar-refractivity contribution in [1.82, 2.24) is 5.32 Å². The molecule has 1 heterocycles. The van der Waals surface area contributed by atoms with Crippen molar-refractivity contribution in [2.24, 2.45) is 10.7 Å². The van der Waals surface area contributed by atoms with Gasteiger partial charge in [0.05, 0.1) is 11.9 Å². The zero-order valence-corrected chi connectivity index (χ0v) is 16.2.